The van der Waals surface area contributed by atoms with E-state index in [0.29, 0.717) is 5.69 Å². The first-order valence-corrected chi connectivity index (χ1v) is 4.23. The predicted molar refractivity (Wildman–Crippen MR) is 52.2 cm³/mol. The van der Waals surface area contributed by atoms with Gasteiger partial charge in [-0.15, -0.1) is 0 Å². The fourth-order valence-corrected chi connectivity index (χ4v) is 0.845. The summed E-state index contributed by atoms with van der Waals surface area (Å²) in [7, 11) is 0. The van der Waals surface area contributed by atoms with E-state index in [4.69, 9.17) is 5.73 Å². The van der Waals surface area contributed by atoms with E-state index < -0.39 is 5.91 Å². The maximum Gasteiger partial charge on any atom is 0.293 e. The van der Waals surface area contributed by atoms with Crippen molar-refractivity contribution in [2.45, 2.75) is 19.8 Å². The van der Waals surface area contributed by atoms with Gasteiger partial charge in [-0.2, -0.15) is 0 Å². The fourth-order valence-electron chi connectivity index (χ4n) is 0.845. The lowest BCUT2D eigenvalue weighted by Crippen LogP contribution is -2.06. The summed E-state index contributed by atoms with van der Waals surface area (Å²) in [6, 6.07) is 0. The minimum Gasteiger partial charge on any atom is -0.359 e. The quantitative estimate of drug-likeness (QED) is 0.651. The number of carbonyl (C=O) groups excluding carboxylic acids is 1. The number of carbonyl (C=O) groups is 1. The lowest BCUT2D eigenvalue weighted by Gasteiger charge is -2.02. The molecule has 0 radical (unpaired) electrons. The van der Waals surface area contributed by atoms with Gasteiger partial charge in [0.15, 0.2) is 0 Å². The zero-order valence-corrected chi connectivity index (χ0v) is 8.11. The van der Waals surface area contributed by atoms with Gasteiger partial charge in [0.25, 0.3) is 5.91 Å². The number of hydrogen-bond acceptors (Lipinski definition) is 3. The summed E-state index contributed by atoms with van der Waals surface area (Å²) >= 11 is 0. The first-order valence-electron chi connectivity index (χ1n) is 4.23. The average molecular weight is 189 g/mol. The van der Waals surface area contributed by atoms with Gasteiger partial charge in [0, 0.05) is 12.1 Å². The highest BCUT2D eigenvalue weighted by Crippen LogP contribution is 2.09. The number of nitrogens with two attached hydrogens (primary N) is 1. The number of aromatic nitrogens is 2. The Morgan fingerprint density at radius 1 is 1.50 bits per heavy atom. The fraction of sp³-hybridized carbons (Fsp3) is 0.300. The Bertz CT molecular complexity index is 401. The van der Waals surface area contributed by atoms with Crippen molar-refractivity contribution in [1.82, 2.24) is 9.97 Å². The Kier molecular flexibility index (Phi) is 3.19. The maximum atomic E-state index is 10.4. The maximum absolute atomic E-state index is 10.4. The van der Waals surface area contributed by atoms with E-state index in [1.807, 2.05) is 13.8 Å². The van der Waals surface area contributed by atoms with Crippen molar-refractivity contribution in [3.63, 3.8) is 0 Å². The molecule has 0 unspecified atom stereocenters. The molecule has 1 amide bonds. The molecular formula is C10H11N3O. The van der Waals surface area contributed by atoms with Crippen molar-refractivity contribution in [3.05, 3.63) is 23.8 Å². The smallest absolute Gasteiger partial charge is 0.293 e. The number of hydrogen-bond donors (Lipinski definition) is 1. The molecule has 0 saturated heterocycles. The van der Waals surface area contributed by atoms with Crippen molar-refractivity contribution in [2.24, 2.45) is 5.73 Å². The average Bonchev–Trinajstić information content (AvgIpc) is 2.15. The van der Waals surface area contributed by atoms with Crippen LogP contribution in [0.1, 0.15) is 31.2 Å². The monoisotopic (exact) mass is 189 g/mol. The standard InChI is InChI=1S/C10H11N3O/c1-7(2)9-6-12-5-8(13-9)3-4-10(11)14/h5-7H,1-2H3,(H2,11,14). The summed E-state index contributed by atoms with van der Waals surface area (Å²) < 4.78 is 0. The van der Waals surface area contributed by atoms with Gasteiger partial charge in [0.1, 0.15) is 5.69 Å². The van der Waals surface area contributed by atoms with Crippen LogP contribution in [-0.2, 0) is 4.79 Å². The van der Waals surface area contributed by atoms with Crippen molar-refractivity contribution in [2.75, 3.05) is 0 Å². The zero-order valence-electron chi connectivity index (χ0n) is 8.11. The van der Waals surface area contributed by atoms with Gasteiger partial charge in [0.05, 0.1) is 11.9 Å². The van der Waals surface area contributed by atoms with Crippen molar-refractivity contribution in [1.29, 1.82) is 0 Å². The molecule has 1 heterocycles. The third-order valence-corrected chi connectivity index (χ3v) is 1.56. The molecule has 0 aliphatic rings. The summed E-state index contributed by atoms with van der Waals surface area (Å²) in [4.78, 5) is 18.6. The lowest BCUT2D eigenvalue weighted by atomic mass is 10.1. The van der Waals surface area contributed by atoms with Crippen LogP contribution >= 0.6 is 0 Å². The summed E-state index contributed by atoms with van der Waals surface area (Å²) in [5, 5.41) is 0. The molecule has 72 valence electrons. The van der Waals surface area contributed by atoms with E-state index in [-0.39, 0.29) is 5.92 Å². The highest BCUT2D eigenvalue weighted by atomic mass is 16.1. The SMILES string of the molecule is CC(C)c1cncc(C#CC(N)=O)n1. The molecule has 2 N–H and O–H groups in total. The summed E-state index contributed by atoms with van der Waals surface area (Å²) in [5.74, 6) is 4.38. The third kappa shape index (κ3) is 2.87. The van der Waals surface area contributed by atoms with Crippen LogP contribution in [0.3, 0.4) is 0 Å². The van der Waals surface area contributed by atoms with Gasteiger partial charge < -0.3 is 5.73 Å². The zero-order chi connectivity index (χ0) is 10.6. The normalized spacial score (nSPS) is 9.36. The van der Waals surface area contributed by atoms with Crippen molar-refractivity contribution in [3.8, 4) is 11.8 Å². The number of primary amides is 1. The molecule has 1 aromatic heterocycles. The van der Waals surface area contributed by atoms with Crippen LogP contribution in [0.15, 0.2) is 12.4 Å². The molecule has 0 fully saturated rings. The molecule has 0 spiro atoms. The van der Waals surface area contributed by atoms with Crippen LogP contribution in [0.4, 0.5) is 0 Å². The van der Waals surface area contributed by atoms with Gasteiger partial charge in [-0.05, 0) is 11.8 Å². The van der Waals surface area contributed by atoms with Crippen LogP contribution in [0.2, 0.25) is 0 Å². The summed E-state index contributed by atoms with van der Waals surface area (Å²) in [6.45, 7) is 4.02. The van der Waals surface area contributed by atoms with E-state index in [1.165, 1.54) is 6.20 Å². The molecule has 0 atom stereocenters. The van der Waals surface area contributed by atoms with Crippen LogP contribution < -0.4 is 5.73 Å². The first kappa shape index (κ1) is 10.2. The van der Waals surface area contributed by atoms with E-state index in [0.717, 1.165) is 5.69 Å². The molecule has 0 aromatic carbocycles. The van der Waals surface area contributed by atoms with Crippen LogP contribution in [0.25, 0.3) is 0 Å². The van der Waals surface area contributed by atoms with Gasteiger partial charge >= 0.3 is 0 Å². The first-order chi connectivity index (χ1) is 6.59. The Labute approximate surface area is 82.6 Å². The van der Waals surface area contributed by atoms with E-state index in [2.05, 4.69) is 21.8 Å². The molecule has 4 nitrogen and oxygen atoms in total. The summed E-state index contributed by atoms with van der Waals surface area (Å²) in [5.41, 5.74) is 6.19. The molecule has 1 aromatic rings. The third-order valence-electron chi connectivity index (χ3n) is 1.56. The van der Waals surface area contributed by atoms with E-state index in [9.17, 15) is 4.79 Å². The Balaban J connectivity index is 2.96. The van der Waals surface area contributed by atoms with Gasteiger partial charge in [-0.1, -0.05) is 13.8 Å². The van der Waals surface area contributed by atoms with E-state index in [1.54, 1.807) is 6.20 Å². The Morgan fingerprint density at radius 2 is 2.21 bits per heavy atom. The second-order valence-corrected chi connectivity index (χ2v) is 3.10. The van der Waals surface area contributed by atoms with Crippen LogP contribution in [0, 0.1) is 11.8 Å². The second kappa shape index (κ2) is 4.38. The van der Waals surface area contributed by atoms with Crippen molar-refractivity contribution >= 4 is 5.91 Å². The summed E-state index contributed by atoms with van der Waals surface area (Å²) in [6.07, 6.45) is 3.18. The second-order valence-electron chi connectivity index (χ2n) is 3.10. The minimum atomic E-state index is -0.665. The Hall–Kier alpha value is -1.89. The topological polar surface area (TPSA) is 68.9 Å². The van der Waals surface area contributed by atoms with Crippen LogP contribution in [-0.4, -0.2) is 15.9 Å². The number of amides is 1. The predicted octanol–water partition coefficient (Wildman–Crippen LogP) is 0.437. The number of rotatable bonds is 1. The lowest BCUT2D eigenvalue weighted by molar-refractivity contribution is -0.112. The van der Waals surface area contributed by atoms with Crippen LogP contribution in [0.5, 0.6) is 0 Å². The molecule has 4 heteroatoms. The Morgan fingerprint density at radius 3 is 2.79 bits per heavy atom. The molecule has 0 aliphatic carbocycles. The highest BCUT2D eigenvalue weighted by molar-refractivity contribution is 5.92. The minimum absolute atomic E-state index is 0.290. The molecule has 1 rings (SSSR count). The van der Waals surface area contributed by atoms with Gasteiger partial charge in [0.2, 0.25) is 0 Å². The molecule has 0 aliphatic heterocycles. The largest absolute Gasteiger partial charge is 0.359 e. The molecule has 0 saturated carbocycles. The van der Waals surface area contributed by atoms with Gasteiger partial charge in [-0.25, -0.2) is 4.98 Å². The highest BCUT2D eigenvalue weighted by Gasteiger charge is 2.00. The van der Waals surface area contributed by atoms with E-state index >= 15 is 0 Å². The van der Waals surface area contributed by atoms with Gasteiger partial charge in [-0.3, -0.25) is 9.78 Å². The molecule has 14 heavy (non-hydrogen) atoms. The number of nitrogens with zero attached hydrogens (tertiary/aromatic N) is 2. The van der Waals surface area contributed by atoms with Crippen molar-refractivity contribution < 1.29 is 4.79 Å². The molecule has 0 bridgehead atoms. The molecular weight excluding hydrogens is 178 g/mol.